The van der Waals surface area contributed by atoms with Crippen molar-refractivity contribution >= 4 is 18.0 Å². The van der Waals surface area contributed by atoms with E-state index in [-0.39, 0.29) is 18.0 Å². The molecule has 0 spiro atoms. The Kier molecular flexibility index (Phi) is 15.9. The fourth-order valence-electron chi connectivity index (χ4n) is 3.57. The SMILES string of the molecule is CCCCCCCCc1ccc(CCC(CC)(NC(C)=O)C(=O)OCC)cc1.O=C=O. The first-order valence-corrected chi connectivity index (χ1v) is 11.4. The van der Waals surface area contributed by atoms with Crippen molar-refractivity contribution in [1.29, 1.82) is 0 Å². The fourth-order valence-corrected chi connectivity index (χ4v) is 3.57. The summed E-state index contributed by atoms with van der Waals surface area (Å²) in [5, 5.41) is 2.84. The van der Waals surface area contributed by atoms with Gasteiger partial charge in [0.05, 0.1) is 6.61 Å². The Morgan fingerprint density at radius 2 is 1.42 bits per heavy atom. The Morgan fingerprint density at radius 1 is 0.903 bits per heavy atom. The van der Waals surface area contributed by atoms with Gasteiger partial charge in [0, 0.05) is 6.92 Å². The highest BCUT2D eigenvalue weighted by Gasteiger charge is 2.38. The third-order valence-corrected chi connectivity index (χ3v) is 5.37. The minimum Gasteiger partial charge on any atom is -0.464 e. The molecule has 0 radical (unpaired) electrons. The molecule has 6 nitrogen and oxygen atoms in total. The molecular formula is C25H39NO5. The number of hydrogen-bond donors (Lipinski definition) is 1. The number of rotatable bonds is 14. The van der Waals surface area contributed by atoms with E-state index in [0.717, 1.165) is 12.8 Å². The van der Waals surface area contributed by atoms with Crippen molar-refractivity contribution in [3.05, 3.63) is 35.4 Å². The van der Waals surface area contributed by atoms with E-state index in [1.807, 2.05) is 6.92 Å². The van der Waals surface area contributed by atoms with E-state index in [2.05, 4.69) is 36.5 Å². The molecule has 0 saturated carbocycles. The fraction of sp³-hybridized carbons (Fsp3) is 0.640. The first-order chi connectivity index (χ1) is 14.9. The monoisotopic (exact) mass is 433 g/mol. The number of amides is 1. The van der Waals surface area contributed by atoms with Gasteiger partial charge in [0.25, 0.3) is 0 Å². The number of ether oxygens (including phenoxy) is 1. The number of carbonyl (C=O) groups excluding carboxylic acids is 4. The lowest BCUT2D eigenvalue weighted by molar-refractivity contribution is -0.191. The second-order valence-electron chi connectivity index (χ2n) is 7.75. The zero-order valence-corrected chi connectivity index (χ0v) is 19.6. The molecule has 1 N–H and O–H groups in total. The molecule has 1 atom stereocenters. The second kappa shape index (κ2) is 17.2. The van der Waals surface area contributed by atoms with Crippen LogP contribution in [0.1, 0.15) is 90.2 Å². The minimum absolute atomic E-state index is 0.204. The summed E-state index contributed by atoms with van der Waals surface area (Å²) in [6.07, 6.45) is 11.0. The van der Waals surface area contributed by atoms with Gasteiger partial charge in [-0.25, -0.2) is 4.79 Å². The molecule has 1 unspecified atom stereocenters. The molecule has 174 valence electrons. The molecule has 1 aromatic carbocycles. The second-order valence-corrected chi connectivity index (χ2v) is 7.75. The van der Waals surface area contributed by atoms with Crippen LogP contribution in [-0.4, -0.2) is 30.2 Å². The van der Waals surface area contributed by atoms with Crippen molar-refractivity contribution < 1.29 is 23.9 Å². The molecule has 0 aliphatic heterocycles. The highest BCUT2D eigenvalue weighted by molar-refractivity contribution is 5.87. The van der Waals surface area contributed by atoms with Crippen molar-refractivity contribution in [3.8, 4) is 0 Å². The number of nitrogens with one attached hydrogen (secondary N) is 1. The van der Waals surface area contributed by atoms with E-state index in [0.29, 0.717) is 19.4 Å². The number of aryl methyl sites for hydroxylation is 2. The van der Waals surface area contributed by atoms with E-state index in [9.17, 15) is 9.59 Å². The summed E-state index contributed by atoms with van der Waals surface area (Å²) in [6.45, 7) is 7.70. The van der Waals surface area contributed by atoms with Crippen LogP contribution in [0, 0.1) is 0 Å². The third-order valence-electron chi connectivity index (χ3n) is 5.37. The largest absolute Gasteiger partial charge is 0.464 e. The number of esters is 1. The normalized spacial score (nSPS) is 12.0. The lowest BCUT2D eigenvalue weighted by atomic mass is 9.88. The molecule has 0 fully saturated rings. The molecule has 6 heteroatoms. The Hall–Kier alpha value is -2.46. The smallest absolute Gasteiger partial charge is 0.373 e. The van der Waals surface area contributed by atoms with Crippen molar-refractivity contribution in [3.63, 3.8) is 0 Å². The van der Waals surface area contributed by atoms with Gasteiger partial charge >= 0.3 is 12.1 Å². The van der Waals surface area contributed by atoms with Crippen LogP contribution in [-0.2, 0) is 36.8 Å². The zero-order valence-electron chi connectivity index (χ0n) is 19.6. The molecule has 1 amide bonds. The van der Waals surface area contributed by atoms with Crippen LogP contribution >= 0.6 is 0 Å². The van der Waals surface area contributed by atoms with Crippen LogP contribution in [0.15, 0.2) is 24.3 Å². The van der Waals surface area contributed by atoms with Crippen molar-refractivity contribution in [2.24, 2.45) is 0 Å². The summed E-state index contributed by atoms with van der Waals surface area (Å²) in [6, 6.07) is 8.67. The maximum absolute atomic E-state index is 12.5. The van der Waals surface area contributed by atoms with Crippen LogP contribution in [0.4, 0.5) is 0 Å². The topological polar surface area (TPSA) is 89.5 Å². The van der Waals surface area contributed by atoms with E-state index in [1.165, 1.54) is 56.6 Å². The van der Waals surface area contributed by atoms with Gasteiger partial charge < -0.3 is 10.1 Å². The Labute approximate surface area is 187 Å². The molecular weight excluding hydrogens is 394 g/mol. The molecule has 0 aromatic heterocycles. The Balaban J connectivity index is 0.00000282. The van der Waals surface area contributed by atoms with Crippen LogP contribution in [0.3, 0.4) is 0 Å². The van der Waals surface area contributed by atoms with Crippen LogP contribution < -0.4 is 5.32 Å². The van der Waals surface area contributed by atoms with Gasteiger partial charge in [-0.2, -0.15) is 9.59 Å². The number of benzene rings is 1. The van der Waals surface area contributed by atoms with Gasteiger partial charge in [0.15, 0.2) is 0 Å². The molecule has 0 aliphatic rings. The lowest BCUT2D eigenvalue weighted by Crippen LogP contribution is -2.54. The van der Waals surface area contributed by atoms with E-state index in [4.69, 9.17) is 14.3 Å². The van der Waals surface area contributed by atoms with E-state index >= 15 is 0 Å². The molecule has 0 bridgehead atoms. The summed E-state index contributed by atoms with van der Waals surface area (Å²) in [4.78, 5) is 40.4. The van der Waals surface area contributed by atoms with Crippen molar-refractivity contribution in [2.75, 3.05) is 6.61 Å². The standard InChI is InChI=1S/C24H39NO3.CO2/c1-5-8-9-10-11-12-13-21-14-16-22(17-15-21)18-19-24(6-2,25-20(4)26)23(27)28-7-3;2-1-3/h14-17H,5-13,18-19H2,1-4H3,(H,25,26);. The molecule has 1 aromatic rings. The number of hydrogen-bond acceptors (Lipinski definition) is 5. The predicted octanol–water partition coefficient (Wildman–Crippen LogP) is 4.79. The van der Waals surface area contributed by atoms with Crippen LogP contribution in [0.25, 0.3) is 0 Å². The summed E-state index contributed by atoms with van der Waals surface area (Å²) in [5.74, 6) is -0.545. The number of unbranched alkanes of at least 4 members (excludes halogenated alkanes) is 5. The average molecular weight is 434 g/mol. The first-order valence-electron chi connectivity index (χ1n) is 11.4. The van der Waals surface area contributed by atoms with Crippen LogP contribution in [0.5, 0.6) is 0 Å². The summed E-state index contributed by atoms with van der Waals surface area (Å²) < 4.78 is 5.23. The number of carbonyl (C=O) groups is 2. The van der Waals surface area contributed by atoms with Gasteiger partial charge in [-0.15, -0.1) is 0 Å². The first kappa shape index (κ1) is 28.5. The maximum Gasteiger partial charge on any atom is 0.373 e. The van der Waals surface area contributed by atoms with Gasteiger partial charge in [0.2, 0.25) is 5.91 Å². The highest BCUT2D eigenvalue weighted by Crippen LogP contribution is 2.21. The lowest BCUT2D eigenvalue weighted by Gasteiger charge is -2.31. The van der Waals surface area contributed by atoms with Gasteiger partial charge in [-0.1, -0.05) is 70.2 Å². The molecule has 0 aliphatic carbocycles. The average Bonchev–Trinajstić information content (AvgIpc) is 2.75. The quantitative estimate of drug-likeness (QED) is 0.337. The summed E-state index contributed by atoms with van der Waals surface area (Å²) >= 11 is 0. The highest BCUT2D eigenvalue weighted by atomic mass is 16.5. The van der Waals surface area contributed by atoms with Gasteiger partial charge in [-0.05, 0) is 50.2 Å². The predicted molar refractivity (Wildman–Crippen MR) is 120 cm³/mol. The van der Waals surface area contributed by atoms with Gasteiger partial charge in [-0.3, -0.25) is 4.79 Å². The Bertz CT molecular complexity index is 665. The Morgan fingerprint density at radius 3 is 1.90 bits per heavy atom. The van der Waals surface area contributed by atoms with E-state index in [1.54, 1.807) is 6.92 Å². The maximum atomic E-state index is 12.5. The summed E-state index contributed by atoms with van der Waals surface area (Å²) in [7, 11) is 0. The van der Waals surface area contributed by atoms with Gasteiger partial charge in [0.1, 0.15) is 5.54 Å². The molecule has 31 heavy (non-hydrogen) atoms. The molecule has 0 saturated heterocycles. The minimum atomic E-state index is -0.945. The van der Waals surface area contributed by atoms with Crippen molar-refractivity contribution in [2.45, 2.75) is 97.4 Å². The zero-order chi connectivity index (χ0) is 23.5. The van der Waals surface area contributed by atoms with E-state index < -0.39 is 5.54 Å². The molecule has 0 heterocycles. The molecule has 1 rings (SSSR count). The van der Waals surface area contributed by atoms with Crippen molar-refractivity contribution in [1.82, 2.24) is 5.32 Å². The van der Waals surface area contributed by atoms with Crippen LogP contribution in [0.2, 0.25) is 0 Å². The summed E-state index contributed by atoms with van der Waals surface area (Å²) in [5.41, 5.74) is 1.60. The third kappa shape index (κ3) is 12.1.